The van der Waals surface area contributed by atoms with Crippen LogP contribution in [-0.2, 0) is 6.54 Å². The molecule has 0 radical (unpaired) electrons. The molecule has 0 unspecified atom stereocenters. The molecule has 0 saturated carbocycles. The van der Waals surface area contributed by atoms with Crippen molar-refractivity contribution in [2.45, 2.75) is 52.2 Å². The van der Waals surface area contributed by atoms with E-state index in [1.165, 1.54) is 0 Å². The van der Waals surface area contributed by atoms with Gasteiger partial charge in [-0.3, -0.25) is 0 Å². The average molecular weight is 281 g/mol. The lowest BCUT2D eigenvalue weighted by Crippen LogP contribution is -2.34. The third kappa shape index (κ3) is 4.69. The number of nitrogens with two attached hydrogens (primary N) is 1. The Kier molecular flexibility index (Phi) is 6.82. The smallest absolute Gasteiger partial charge is 0.127 e. The fraction of sp³-hybridized carbons (Fsp3) is 0.625. The molecule has 114 valence electrons. The number of hydrogen-bond donors (Lipinski definition) is 2. The minimum Gasteiger partial charge on any atom is -0.493 e. The first-order valence-electron chi connectivity index (χ1n) is 7.39. The lowest BCUT2D eigenvalue weighted by Gasteiger charge is -2.25. The van der Waals surface area contributed by atoms with E-state index in [-0.39, 0.29) is 6.61 Å². The normalized spacial score (nSPS) is 11.4. The first kappa shape index (κ1) is 16.8. The highest BCUT2D eigenvalue weighted by atomic mass is 16.5. The molecule has 0 spiro atoms. The van der Waals surface area contributed by atoms with Gasteiger partial charge in [-0.15, -0.1) is 0 Å². The van der Waals surface area contributed by atoms with Crippen LogP contribution in [0.2, 0.25) is 0 Å². The summed E-state index contributed by atoms with van der Waals surface area (Å²) < 4.78 is 11.4. The molecular weight excluding hydrogens is 254 g/mol. The second kappa shape index (κ2) is 8.12. The number of hydrogen-bond acceptors (Lipinski definition) is 4. The molecule has 0 atom stereocenters. The van der Waals surface area contributed by atoms with E-state index in [1.54, 1.807) is 0 Å². The van der Waals surface area contributed by atoms with Gasteiger partial charge in [0.25, 0.3) is 0 Å². The lowest BCUT2D eigenvalue weighted by molar-refractivity contribution is -0.0116. The summed E-state index contributed by atoms with van der Waals surface area (Å²) in [7, 11) is 0. The highest BCUT2D eigenvalue weighted by Gasteiger charge is 2.23. The average Bonchev–Trinajstić information content (AvgIpc) is 2.50. The Morgan fingerprint density at radius 2 is 1.85 bits per heavy atom. The van der Waals surface area contributed by atoms with Gasteiger partial charge in [0.1, 0.15) is 18.1 Å². The van der Waals surface area contributed by atoms with E-state index in [9.17, 15) is 5.11 Å². The van der Waals surface area contributed by atoms with E-state index >= 15 is 0 Å². The van der Waals surface area contributed by atoms with Gasteiger partial charge in [-0.05, 0) is 25.3 Å². The van der Waals surface area contributed by atoms with Gasteiger partial charge >= 0.3 is 0 Å². The van der Waals surface area contributed by atoms with Gasteiger partial charge in [0.2, 0.25) is 0 Å². The SMILES string of the molecule is CCCOc1ccc(CN)c(OCC(O)(CC)CC)c1. The predicted octanol–water partition coefficient (Wildman–Crippen LogP) is 2.86. The van der Waals surface area contributed by atoms with Crippen molar-refractivity contribution in [3.05, 3.63) is 23.8 Å². The summed E-state index contributed by atoms with van der Waals surface area (Å²) in [6.07, 6.45) is 2.28. The predicted molar refractivity (Wildman–Crippen MR) is 81.1 cm³/mol. The van der Waals surface area contributed by atoms with E-state index in [1.807, 2.05) is 32.0 Å². The van der Waals surface area contributed by atoms with Crippen LogP contribution >= 0.6 is 0 Å². The van der Waals surface area contributed by atoms with Crippen LogP contribution in [-0.4, -0.2) is 23.9 Å². The maximum atomic E-state index is 10.3. The van der Waals surface area contributed by atoms with Crippen molar-refractivity contribution in [3.63, 3.8) is 0 Å². The monoisotopic (exact) mass is 281 g/mol. The van der Waals surface area contributed by atoms with Crippen LogP contribution in [0.3, 0.4) is 0 Å². The third-order valence-corrected chi connectivity index (χ3v) is 3.54. The molecular formula is C16H27NO3. The fourth-order valence-electron chi connectivity index (χ4n) is 1.81. The zero-order valence-electron chi connectivity index (χ0n) is 12.8. The first-order chi connectivity index (χ1) is 9.58. The molecule has 1 rings (SSSR count). The van der Waals surface area contributed by atoms with E-state index < -0.39 is 5.60 Å². The van der Waals surface area contributed by atoms with Crippen molar-refractivity contribution < 1.29 is 14.6 Å². The highest BCUT2D eigenvalue weighted by molar-refractivity contribution is 5.40. The molecule has 0 aliphatic rings. The van der Waals surface area contributed by atoms with Gasteiger partial charge in [0, 0.05) is 18.2 Å². The highest BCUT2D eigenvalue weighted by Crippen LogP contribution is 2.26. The van der Waals surface area contributed by atoms with Gasteiger partial charge in [-0.1, -0.05) is 26.8 Å². The molecule has 20 heavy (non-hydrogen) atoms. The van der Waals surface area contributed by atoms with Crippen molar-refractivity contribution in [1.29, 1.82) is 0 Å². The zero-order chi connectivity index (χ0) is 15.0. The van der Waals surface area contributed by atoms with E-state index in [0.29, 0.717) is 31.7 Å². The van der Waals surface area contributed by atoms with E-state index in [2.05, 4.69) is 6.92 Å². The summed E-state index contributed by atoms with van der Waals surface area (Å²) in [6, 6.07) is 5.66. The van der Waals surface area contributed by atoms with Crippen LogP contribution in [0.4, 0.5) is 0 Å². The largest absolute Gasteiger partial charge is 0.493 e. The number of ether oxygens (including phenoxy) is 2. The van der Waals surface area contributed by atoms with Crippen molar-refractivity contribution in [1.82, 2.24) is 0 Å². The molecule has 0 aliphatic heterocycles. The van der Waals surface area contributed by atoms with Crippen molar-refractivity contribution in [3.8, 4) is 11.5 Å². The van der Waals surface area contributed by atoms with Gasteiger partial charge in [0.05, 0.1) is 12.2 Å². The Morgan fingerprint density at radius 3 is 2.40 bits per heavy atom. The molecule has 0 aromatic heterocycles. The van der Waals surface area contributed by atoms with Crippen LogP contribution in [0.1, 0.15) is 45.6 Å². The summed E-state index contributed by atoms with van der Waals surface area (Å²) in [4.78, 5) is 0. The van der Waals surface area contributed by atoms with Crippen LogP contribution in [0.25, 0.3) is 0 Å². The summed E-state index contributed by atoms with van der Waals surface area (Å²) in [5.41, 5.74) is 5.86. The molecule has 0 aliphatic carbocycles. The topological polar surface area (TPSA) is 64.7 Å². The molecule has 1 aromatic rings. The Morgan fingerprint density at radius 1 is 1.15 bits per heavy atom. The molecule has 0 amide bonds. The molecule has 0 heterocycles. The number of rotatable bonds is 9. The minimum absolute atomic E-state index is 0.268. The van der Waals surface area contributed by atoms with Gasteiger partial charge in [0.15, 0.2) is 0 Å². The van der Waals surface area contributed by atoms with Gasteiger partial charge in [-0.2, -0.15) is 0 Å². The van der Waals surface area contributed by atoms with Crippen LogP contribution in [0.15, 0.2) is 18.2 Å². The van der Waals surface area contributed by atoms with E-state index in [0.717, 1.165) is 17.7 Å². The molecule has 0 fully saturated rings. The third-order valence-electron chi connectivity index (χ3n) is 3.54. The van der Waals surface area contributed by atoms with Crippen LogP contribution in [0, 0.1) is 0 Å². The molecule has 4 nitrogen and oxygen atoms in total. The minimum atomic E-state index is -0.786. The summed E-state index contributed by atoms with van der Waals surface area (Å²) in [5.74, 6) is 1.47. The Balaban J connectivity index is 2.80. The van der Waals surface area contributed by atoms with Gasteiger partial charge < -0.3 is 20.3 Å². The second-order valence-corrected chi connectivity index (χ2v) is 5.04. The van der Waals surface area contributed by atoms with E-state index in [4.69, 9.17) is 15.2 Å². The second-order valence-electron chi connectivity index (χ2n) is 5.04. The van der Waals surface area contributed by atoms with Crippen molar-refractivity contribution >= 4 is 0 Å². The summed E-state index contributed by atoms with van der Waals surface area (Å²) in [5, 5.41) is 10.3. The fourth-order valence-corrected chi connectivity index (χ4v) is 1.81. The Hall–Kier alpha value is -1.26. The maximum absolute atomic E-state index is 10.3. The summed E-state index contributed by atoms with van der Waals surface area (Å²) >= 11 is 0. The first-order valence-corrected chi connectivity index (χ1v) is 7.39. The number of benzene rings is 1. The Bertz CT molecular complexity index is 403. The Labute approximate surface area is 121 Å². The molecule has 0 bridgehead atoms. The zero-order valence-corrected chi connectivity index (χ0v) is 12.8. The lowest BCUT2D eigenvalue weighted by atomic mass is 9.99. The standard InChI is InChI=1S/C16H27NO3/c1-4-9-19-14-8-7-13(11-17)15(10-14)20-12-16(18,5-2)6-3/h7-8,10,18H,4-6,9,11-12,17H2,1-3H3. The maximum Gasteiger partial charge on any atom is 0.127 e. The molecule has 1 aromatic carbocycles. The van der Waals surface area contributed by atoms with Gasteiger partial charge in [-0.25, -0.2) is 0 Å². The summed E-state index contributed by atoms with van der Waals surface area (Å²) in [6.45, 7) is 7.32. The van der Waals surface area contributed by atoms with Crippen LogP contribution < -0.4 is 15.2 Å². The molecule has 3 N–H and O–H groups in total. The molecule has 4 heteroatoms. The van der Waals surface area contributed by atoms with Crippen molar-refractivity contribution in [2.24, 2.45) is 5.73 Å². The molecule has 0 saturated heterocycles. The van der Waals surface area contributed by atoms with Crippen molar-refractivity contribution in [2.75, 3.05) is 13.2 Å². The van der Waals surface area contributed by atoms with Crippen LogP contribution in [0.5, 0.6) is 11.5 Å². The quantitative estimate of drug-likeness (QED) is 0.730. The number of aliphatic hydroxyl groups is 1.